The minimum absolute atomic E-state index is 0. The summed E-state index contributed by atoms with van der Waals surface area (Å²) in [5.74, 6) is -0.278. The molecule has 4 heteroatoms. The van der Waals surface area contributed by atoms with Crippen LogP contribution in [0.5, 0.6) is 0 Å². The van der Waals surface area contributed by atoms with E-state index in [0.717, 1.165) is 5.56 Å². The molecule has 17 heavy (non-hydrogen) atoms. The van der Waals surface area contributed by atoms with Crippen molar-refractivity contribution in [2.24, 2.45) is 0 Å². The fraction of sp³-hybridized carbons (Fsp3) is 0.154. The molecule has 0 spiro atoms. The molecule has 0 heterocycles. The summed E-state index contributed by atoms with van der Waals surface area (Å²) in [6, 6.07) is 7.59. The number of hydrogen-bond donors (Lipinski definition) is 1. The van der Waals surface area contributed by atoms with Crippen LogP contribution in [0, 0.1) is 0 Å². The van der Waals surface area contributed by atoms with Crippen molar-refractivity contribution >= 4 is 0 Å². The number of hydrogen-bond acceptors (Lipinski definition) is 3. The Labute approximate surface area is 112 Å². The Morgan fingerprint density at radius 2 is 2.06 bits per heavy atom. The Balaban J connectivity index is 0.000000292. The van der Waals surface area contributed by atoms with E-state index in [1.165, 1.54) is 7.11 Å². The van der Waals surface area contributed by atoms with Crippen molar-refractivity contribution in [3.8, 4) is 0 Å². The first-order chi connectivity index (χ1) is 7.77. The van der Waals surface area contributed by atoms with Gasteiger partial charge >= 0.3 is 17.1 Å². The van der Waals surface area contributed by atoms with Gasteiger partial charge in [0.25, 0.3) is 0 Å². The molecule has 0 amide bonds. The van der Waals surface area contributed by atoms with Crippen molar-refractivity contribution in [3.63, 3.8) is 0 Å². The van der Waals surface area contributed by atoms with Crippen LogP contribution in [0.2, 0.25) is 0 Å². The number of aliphatic hydroxyl groups excluding tert-OH is 1. The standard InChI is InChI=1S/C7H8O2.C6H7O.Fe/c1-9-7(8)6-4-2-3-5-6;7-5-6-3-1-2-4-6;/h2-5,8H,1H3;1-4,7H,5H2;/q;-1;+2/p-1. The normalized spacial score (nSPS) is 11.5. The molecule has 3 nitrogen and oxygen atoms in total. The van der Waals surface area contributed by atoms with Crippen LogP contribution in [0.15, 0.2) is 60.1 Å². The topological polar surface area (TPSA) is 52.5 Å². The zero-order valence-corrected chi connectivity index (χ0v) is 10.5. The van der Waals surface area contributed by atoms with Crippen molar-refractivity contribution in [3.05, 3.63) is 65.7 Å². The van der Waals surface area contributed by atoms with E-state index in [0.29, 0.717) is 5.57 Å². The fourth-order valence-corrected chi connectivity index (χ4v) is 1.15. The molecule has 1 aliphatic rings. The van der Waals surface area contributed by atoms with Crippen LogP contribution >= 0.6 is 0 Å². The molecule has 1 aliphatic carbocycles. The van der Waals surface area contributed by atoms with E-state index in [1.54, 1.807) is 24.3 Å². The van der Waals surface area contributed by atoms with Crippen LogP contribution < -0.4 is 5.11 Å². The third-order valence-corrected chi connectivity index (χ3v) is 2.00. The van der Waals surface area contributed by atoms with Gasteiger partial charge in [-0.3, -0.25) is 0 Å². The van der Waals surface area contributed by atoms with Crippen LogP contribution in [-0.2, 0) is 28.4 Å². The van der Waals surface area contributed by atoms with E-state index in [4.69, 9.17) is 5.11 Å². The molecule has 2 rings (SSSR count). The van der Waals surface area contributed by atoms with Crippen molar-refractivity contribution < 1.29 is 32.0 Å². The van der Waals surface area contributed by atoms with Crippen LogP contribution in [0.3, 0.4) is 0 Å². The third-order valence-electron chi connectivity index (χ3n) is 2.00. The average molecular weight is 274 g/mol. The Morgan fingerprint density at radius 1 is 1.41 bits per heavy atom. The molecule has 1 aromatic carbocycles. The summed E-state index contributed by atoms with van der Waals surface area (Å²) in [5, 5.41) is 19.1. The van der Waals surface area contributed by atoms with Crippen molar-refractivity contribution in [2.75, 3.05) is 7.11 Å². The summed E-state index contributed by atoms with van der Waals surface area (Å²) in [5.41, 5.74) is 1.59. The van der Waals surface area contributed by atoms with Gasteiger partial charge in [-0.15, -0.1) is 5.56 Å². The first-order valence-electron chi connectivity index (χ1n) is 4.89. The summed E-state index contributed by atoms with van der Waals surface area (Å²) in [6.45, 7) is 0.160. The SMILES string of the molecule is COC([O-])=C1C=CC=C1.OCc1ccc[cH-]1.[Fe+2]. The zero-order chi connectivity index (χ0) is 11.8. The van der Waals surface area contributed by atoms with Gasteiger partial charge in [0.1, 0.15) is 0 Å². The molecule has 92 valence electrons. The molecule has 0 bridgehead atoms. The maximum atomic E-state index is 10.7. The fourth-order valence-electron chi connectivity index (χ4n) is 1.15. The molecule has 0 saturated heterocycles. The van der Waals surface area contributed by atoms with E-state index >= 15 is 0 Å². The van der Waals surface area contributed by atoms with Gasteiger partial charge in [-0.05, 0) is 12.7 Å². The largest absolute Gasteiger partial charge is 2.00 e. The van der Waals surface area contributed by atoms with Crippen molar-refractivity contribution in [1.82, 2.24) is 0 Å². The Bertz CT molecular complexity index is 375. The van der Waals surface area contributed by atoms with E-state index in [2.05, 4.69) is 4.74 Å². The third kappa shape index (κ3) is 5.50. The summed E-state index contributed by atoms with van der Waals surface area (Å²) in [7, 11) is 1.37. The molecule has 0 unspecified atom stereocenters. The molecule has 0 fully saturated rings. The molecule has 0 atom stereocenters. The number of aliphatic hydroxyl groups is 1. The first kappa shape index (κ1) is 15.6. The van der Waals surface area contributed by atoms with Gasteiger partial charge in [0.05, 0.1) is 5.95 Å². The molecule has 0 aromatic heterocycles. The van der Waals surface area contributed by atoms with Crippen LogP contribution in [0.25, 0.3) is 0 Å². The van der Waals surface area contributed by atoms with Gasteiger partial charge in [0, 0.05) is 6.61 Å². The summed E-state index contributed by atoms with van der Waals surface area (Å²) in [6.07, 6.45) is 7.02. The second kappa shape index (κ2) is 8.76. The summed E-state index contributed by atoms with van der Waals surface area (Å²) in [4.78, 5) is 0. The molecule has 0 aliphatic heterocycles. The van der Waals surface area contributed by atoms with Crippen molar-refractivity contribution in [1.29, 1.82) is 0 Å². The number of allylic oxidation sites excluding steroid dienone is 5. The van der Waals surface area contributed by atoms with Gasteiger partial charge in [-0.1, -0.05) is 24.3 Å². The minimum Gasteiger partial charge on any atom is -0.616 e. The number of rotatable bonds is 2. The molecule has 0 radical (unpaired) electrons. The Hall–Kier alpha value is -1.35. The Morgan fingerprint density at radius 3 is 2.41 bits per heavy atom. The summed E-state index contributed by atoms with van der Waals surface area (Å²) < 4.78 is 4.46. The first-order valence-corrected chi connectivity index (χ1v) is 4.89. The quantitative estimate of drug-likeness (QED) is 0.501. The van der Waals surface area contributed by atoms with Gasteiger partial charge in [-0.2, -0.15) is 12.1 Å². The maximum Gasteiger partial charge on any atom is 2.00 e. The van der Waals surface area contributed by atoms with E-state index in [9.17, 15) is 5.11 Å². The number of methoxy groups -OCH3 is 1. The predicted molar refractivity (Wildman–Crippen MR) is 60.3 cm³/mol. The second-order valence-corrected chi connectivity index (χ2v) is 3.12. The van der Waals surface area contributed by atoms with E-state index in [-0.39, 0.29) is 29.6 Å². The van der Waals surface area contributed by atoms with Crippen molar-refractivity contribution in [2.45, 2.75) is 6.61 Å². The van der Waals surface area contributed by atoms with Gasteiger partial charge in [0.2, 0.25) is 0 Å². The maximum absolute atomic E-state index is 10.7. The van der Waals surface area contributed by atoms with Gasteiger partial charge < -0.3 is 14.9 Å². The molecular formula is C13H14FeO3. The minimum atomic E-state index is -0.278. The molecule has 1 N–H and O–H groups in total. The summed E-state index contributed by atoms with van der Waals surface area (Å²) >= 11 is 0. The second-order valence-electron chi connectivity index (χ2n) is 3.12. The number of ether oxygens (including phenoxy) is 1. The monoisotopic (exact) mass is 274 g/mol. The average Bonchev–Trinajstić information content (AvgIpc) is 3.01. The van der Waals surface area contributed by atoms with Gasteiger partial charge in [-0.25, -0.2) is 12.1 Å². The zero-order valence-electron chi connectivity index (χ0n) is 9.44. The van der Waals surface area contributed by atoms with E-state index < -0.39 is 0 Å². The van der Waals surface area contributed by atoms with E-state index in [1.807, 2.05) is 24.3 Å². The van der Waals surface area contributed by atoms with Crippen LogP contribution in [0.1, 0.15) is 5.56 Å². The molecule has 1 aromatic rings. The predicted octanol–water partition coefficient (Wildman–Crippen LogP) is 1.23. The molecular weight excluding hydrogens is 260 g/mol. The Kier molecular flexibility index (Phi) is 8.07. The molecule has 0 saturated carbocycles. The smallest absolute Gasteiger partial charge is 0.616 e. The van der Waals surface area contributed by atoms with Gasteiger partial charge in [0.15, 0.2) is 0 Å². The van der Waals surface area contributed by atoms with Crippen LogP contribution in [-0.4, -0.2) is 12.2 Å². The van der Waals surface area contributed by atoms with Crippen LogP contribution in [0.4, 0.5) is 0 Å².